The molecule has 0 radical (unpaired) electrons. The fourth-order valence-corrected chi connectivity index (χ4v) is 2.03. The number of likely N-dealkylation sites (N-methyl/N-ethyl adjacent to an activating group) is 1. The number of nitrogens with zero attached hydrogens (tertiary/aromatic N) is 1. The molecule has 0 aromatic carbocycles. The summed E-state index contributed by atoms with van der Waals surface area (Å²) in [5.74, 6) is 0. The quantitative estimate of drug-likeness (QED) is 0.666. The van der Waals surface area contributed by atoms with Crippen LogP contribution in [0.5, 0.6) is 0 Å². The third kappa shape index (κ3) is 2.96. The lowest BCUT2D eigenvalue weighted by molar-refractivity contribution is -0.0941. The van der Waals surface area contributed by atoms with Gasteiger partial charge in [-0.25, -0.2) is 0 Å². The van der Waals surface area contributed by atoms with Gasteiger partial charge in [-0.1, -0.05) is 13.8 Å². The lowest BCUT2D eigenvalue weighted by atomic mass is 9.90. The van der Waals surface area contributed by atoms with Gasteiger partial charge in [0.2, 0.25) is 0 Å². The van der Waals surface area contributed by atoms with Crippen LogP contribution in [0.2, 0.25) is 0 Å². The third-order valence-electron chi connectivity index (χ3n) is 3.18. The summed E-state index contributed by atoms with van der Waals surface area (Å²) >= 11 is 0. The first-order valence-electron chi connectivity index (χ1n) is 5.55. The van der Waals surface area contributed by atoms with Gasteiger partial charge in [0.1, 0.15) is 0 Å². The fourth-order valence-electron chi connectivity index (χ4n) is 2.03. The first kappa shape index (κ1) is 11.0. The zero-order valence-electron chi connectivity index (χ0n) is 9.31. The molecule has 2 nitrogen and oxygen atoms in total. The van der Waals surface area contributed by atoms with Crippen molar-refractivity contribution >= 4 is 0 Å². The van der Waals surface area contributed by atoms with E-state index in [-0.39, 0.29) is 5.60 Å². The highest BCUT2D eigenvalue weighted by Crippen LogP contribution is 2.28. The van der Waals surface area contributed by atoms with Crippen LogP contribution in [0.15, 0.2) is 0 Å². The summed E-state index contributed by atoms with van der Waals surface area (Å²) in [6.45, 7) is 7.62. The van der Waals surface area contributed by atoms with E-state index in [4.69, 9.17) is 4.74 Å². The summed E-state index contributed by atoms with van der Waals surface area (Å²) in [6, 6.07) is 0. The van der Waals surface area contributed by atoms with Crippen LogP contribution in [-0.2, 0) is 4.74 Å². The Labute approximate surface area is 82.3 Å². The van der Waals surface area contributed by atoms with Gasteiger partial charge in [-0.05, 0) is 39.3 Å². The molecule has 78 valence electrons. The second kappa shape index (κ2) is 4.97. The summed E-state index contributed by atoms with van der Waals surface area (Å²) < 4.78 is 5.95. The van der Waals surface area contributed by atoms with Crippen molar-refractivity contribution in [3.8, 4) is 0 Å². The minimum atomic E-state index is 0.170. The SMILES string of the molecule is CCN(C)CC1(CC)CCCCO1. The molecule has 13 heavy (non-hydrogen) atoms. The molecular weight excluding hydrogens is 162 g/mol. The summed E-state index contributed by atoms with van der Waals surface area (Å²) in [4.78, 5) is 2.36. The van der Waals surface area contributed by atoms with Crippen LogP contribution in [0.4, 0.5) is 0 Å². The lowest BCUT2D eigenvalue weighted by Crippen LogP contribution is -2.45. The Hall–Kier alpha value is -0.0800. The highest BCUT2D eigenvalue weighted by Gasteiger charge is 2.31. The van der Waals surface area contributed by atoms with E-state index in [1.165, 1.54) is 19.3 Å². The van der Waals surface area contributed by atoms with Gasteiger partial charge in [0.25, 0.3) is 0 Å². The zero-order chi connectivity index (χ0) is 9.73. The molecule has 0 saturated carbocycles. The molecule has 0 aromatic rings. The van der Waals surface area contributed by atoms with Crippen LogP contribution >= 0.6 is 0 Å². The van der Waals surface area contributed by atoms with Crippen molar-refractivity contribution < 1.29 is 4.74 Å². The van der Waals surface area contributed by atoms with Gasteiger partial charge in [0.15, 0.2) is 0 Å². The number of ether oxygens (including phenoxy) is 1. The summed E-state index contributed by atoms with van der Waals surface area (Å²) in [6.07, 6.45) is 4.98. The van der Waals surface area contributed by atoms with E-state index in [2.05, 4.69) is 25.8 Å². The van der Waals surface area contributed by atoms with Crippen LogP contribution in [0, 0.1) is 0 Å². The van der Waals surface area contributed by atoms with Gasteiger partial charge in [-0.15, -0.1) is 0 Å². The number of rotatable bonds is 4. The van der Waals surface area contributed by atoms with Gasteiger partial charge >= 0.3 is 0 Å². The highest BCUT2D eigenvalue weighted by molar-refractivity contribution is 4.84. The van der Waals surface area contributed by atoms with Crippen LogP contribution in [-0.4, -0.2) is 37.2 Å². The monoisotopic (exact) mass is 185 g/mol. The molecule has 1 aliphatic rings. The Morgan fingerprint density at radius 3 is 2.54 bits per heavy atom. The molecule has 0 N–H and O–H groups in total. The average molecular weight is 185 g/mol. The average Bonchev–Trinajstić information content (AvgIpc) is 2.19. The molecule has 0 bridgehead atoms. The second-order valence-corrected chi connectivity index (χ2v) is 4.17. The minimum absolute atomic E-state index is 0.170. The maximum Gasteiger partial charge on any atom is 0.0806 e. The first-order chi connectivity index (χ1) is 6.22. The topological polar surface area (TPSA) is 12.5 Å². The molecule has 1 unspecified atom stereocenters. The summed E-state index contributed by atoms with van der Waals surface area (Å²) in [5, 5.41) is 0. The van der Waals surface area contributed by atoms with Gasteiger partial charge in [-0.3, -0.25) is 0 Å². The van der Waals surface area contributed by atoms with Crippen molar-refractivity contribution in [3.05, 3.63) is 0 Å². The maximum atomic E-state index is 5.95. The van der Waals surface area contributed by atoms with Crippen LogP contribution in [0.1, 0.15) is 39.5 Å². The van der Waals surface area contributed by atoms with E-state index in [9.17, 15) is 0 Å². The Kier molecular flexibility index (Phi) is 4.20. The zero-order valence-corrected chi connectivity index (χ0v) is 9.31. The lowest BCUT2D eigenvalue weighted by Gasteiger charge is -2.39. The smallest absolute Gasteiger partial charge is 0.0806 e. The number of hydrogen-bond donors (Lipinski definition) is 0. The van der Waals surface area contributed by atoms with Crippen LogP contribution in [0.25, 0.3) is 0 Å². The predicted octanol–water partition coefficient (Wildman–Crippen LogP) is 2.29. The molecule has 0 aromatic heterocycles. The Morgan fingerprint density at radius 2 is 2.08 bits per heavy atom. The molecule has 1 fully saturated rings. The van der Waals surface area contributed by atoms with E-state index in [1.807, 2.05) is 0 Å². The van der Waals surface area contributed by atoms with Gasteiger partial charge in [-0.2, -0.15) is 0 Å². The fraction of sp³-hybridized carbons (Fsp3) is 1.00. The Balaban J connectivity index is 2.47. The van der Waals surface area contributed by atoms with Crippen molar-refractivity contribution in [2.75, 3.05) is 26.7 Å². The van der Waals surface area contributed by atoms with Crippen molar-refractivity contribution in [2.24, 2.45) is 0 Å². The predicted molar refractivity (Wildman–Crippen MR) is 56.0 cm³/mol. The normalized spacial score (nSPS) is 29.5. The molecule has 1 saturated heterocycles. The first-order valence-corrected chi connectivity index (χ1v) is 5.55. The summed E-state index contributed by atoms with van der Waals surface area (Å²) in [5.41, 5.74) is 0.170. The van der Waals surface area contributed by atoms with Crippen LogP contribution < -0.4 is 0 Å². The van der Waals surface area contributed by atoms with E-state index >= 15 is 0 Å². The molecule has 0 spiro atoms. The van der Waals surface area contributed by atoms with E-state index < -0.39 is 0 Å². The van der Waals surface area contributed by atoms with Crippen molar-refractivity contribution in [3.63, 3.8) is 0 Å². The second-order valence-electron chi connectivity index (χ2n) is 4.17. The number of hydrogen-bond acceptors (Lipinski definition) is 2. The standard InChI is InChI=1S/C11H23NO/c1-4-11(10-12(3)5-2)8-6-7-9-13-11/h4-10H2,1-3H3. The van der Waals surface area contributed by atoms with E-state index in [1.54, 1.807) is 0 Å². The molecular formula is C11H23NO. The molecule has 1 heterocycles. The molecule has 0 amide bonds. The van der Waals surface area contributed by atoms with E-state index in [0.29, 0.717) is 0 Å². The Bertz CT molecular complexity index is 141. The summed E-state index contributed by atoms with van der Waals surface area (Å²) in [7, 11) is 2.18. The van der Waals surface area contributed by atoms with E-state index in [0.717, 1.165) is 26.1 Å². The third-order valence-corrected chi connectivity index (χ3v) is 3.18. The Morgan fingerprint density at radius 1 is 1.31 bits per heavy atom. The van der Waals surface area contributed by atoms with Crippen molar-refractivity contribution in [2.45, 2.75) is 45.1 Å². The maximum absolute atomic E-state index is 5.95. The molecule has 1 aliphatic heterocycles. The molecule has 2 heteroatoms. The minimum Gasteiger partial charge on any atom is -0.374 e. The van der Waals surface area contributed by atoms with Gasteiger partial charge in [0, 0.05) is 13.2 Å². The van der Waals surface area contributed by atoms with Crippen molar-refractivity contribution in [1.82, 2.24) is 4.90 Å². The molecule has 1 rings (SSSR count). The molecule has 0 aliphatic carbocycles. The van der Waals surface area contributed by atoms with Gasteiger partial charge in [0.05, 0.1) is 5.60 Å². The van der Waals surface area contributed by atoms with Crippen molar-refractivity contribution in [1.29, 1.82) is 0 Å². The highest BCUT2D eigenvalue weighted by atomic mass is 16.5. The van der Waals surface area contributed by atoms with Crippen LogP contribution in [0.3, 0.4) is 0 Å². The largest absolute Gasteiger partial charge is 0.374 e. The molecule has 1 atom stereocenters. The van der Waals surface area contributed by atoms with Gasteiger partial charge < -0.3 is 9.64 Å².